The highest BCUT2D eigenvalue weighted by Crippen LogP contribution is 2.07. The van der Waals surface area contributed by atoms with E-state index in [4.69, 9.17) is 0 Å². The molecule has 2 nitrogen and oxygen atoms in total. The van der Waals surface area contributed by atoms with Crippen LogP contribution >= 0.6 is 0 Å². The van der Waals surface area contributed by atoms with Gasteiger partial charge in [-0.3, -0.25) is 4.79 Å². The number of hydrogen-bond donors (Lipinski definition) is 0. The summed E-state index contributed by atoms with van der Waals surface area (Å²) in [6, 6.07) is 0. The lowest BCUT2D eigenvalue weighted by Gasteiger charge is -1.99. The average Bonchev–Trinajstić information content (AvgIpc) is 2.57. The Hall–Kier alpha value is -1.05. The maximum Gasteiger partial charge on any atom is 0.305 e. The minimum Gasteiger partial charge on any atom is -0.469 e. The van der Waals surface area contributed by atoms with Crippen LogP contribution in [0.4, 0.5) is 0 Å². The first-order valence-corrected chi connectivity index (χ1v) is 9.51. The quantitative estimate of drug-likeness (QED) is 0.180. The van der Waals surface area contributed by atoms with Crippen molar-refractivity contribution in [3.8, 4) is 0 Å². The molecule has 0 N–H and O–H groups in total. The third-order valence-corrected chi connectivity index (χ3v) is 3.78. The second-order valence-electron chi connectivity index (χ2n) is 6.02. The largest absolute Gasteiger partial charge is 0.469 e. The van der Waals surface area contributed by atoms with Gasteiger partial charge >= 0.3 is 5.97 Å². The number of ether oxygens (including phenoxy) is 1. The molecule has 0 aromatic rings. The number of carbonyl (C=O) groups excluding carboxylic acids is 1. The molecule has 0 atom stereocenters. The molecule has 0 aliphatic rings. The van der Waals surface area contributed by atoms with Gasteiger partial charge in [0, 0.05) is 7.85 Å². The summed E-state index contributed by atoms with van der Waals surface area (Å²) in [6.45, 7) is 9.62. The number of unbranched alkanes of at least 4 members (excludes halogenated alkanes) is 11. The van der Waals surface area contributed by atoms with Crippen molar-refractivity contribution in [2.75, 3.05) is 7.11 Å². The van der Waals surface area contributed by atoms with Crippen LogP contribution in [-0.4, -0.2) is 13.1 Å². The van der Waals surface area contributed by atoms with E-state index in [0.29, 0.717) is 6.42 Å². The highest BCUT2D eigenvalue weighted by molar-refractivity contribution is 5.68. The molecule has 2 heteroatoms. The monoisotopic (exact) mass is 327 g/mol. The van der Waals surface area contributed by atoms with E-state index in [1.54, 1.807) is 0 Å². The lowest BCUT2D eigenvalue weighted by atomic mass is 10.1. The zero-order chi connectivity index (χ0) is 17.6. The maximum absolute atomic E-state index is 10.7. The fourth-order valence-corrected chi connectivity index (χ4v) is 2.26. The molecule has 0 aromatic carbocycles. The van der Waals surface area contributed by atoms with Gasteiger partial charge in [0.1, 0.15) is 0 Å². The molecule has 0 aliphatic carbocycles. The Morgan fingerprint density at radius 3 is 1.70 bits per heavy atom. The standard InChI is InChI=1S/C11H20O2.C10H20.H2/c1-3-4-5-6-7-8-9-10-11(12)13-2;1-3-5-7-9-10-8-6-4-2;/h3H,1,4-10H2,2H3;3H,1,4-10H2,2H3;1H/i;;1+1. The molecule has 0 bridgehead atoms. The van der Waals surface area contributed by atoms with Crippen molar-refractivity contribution in [1.82, 2.24) is 0 Å². The first-order chi connectivity index (χ1) is 11.2. The molecule has 0 spiro atoms. The Labute approximate surface area is 146 Å². The molecule has 0 unspecified atom stereocenters. The second kappa shape index (κ2) is 23.2. The van der Waals surface area contributed by atoms with Gasteiger partial charge in [-0.25, -0.2) is 0 Å². The predicted molar refractivity (Wildman–Crippen MR) is 105 cm³/mol. The van der Waals surface area contributed by atoms with Crippen LogP contribution in [-0.2, 0) is 9.53 Å². The van der Waals surface area contributed by atoms with Crippen LogP contribution in [0.1, 0.15) is 98.2 Å². The molecule has 0 aliphatic heterocycles. The zero-order valence-electron chi connectivity index (χ0n) is 15.8. The van der Waals surface area contributed by atoms with Gasteiger partial charge in [0.05, 0.1) is 7.11 Å². The van der Waals surface area contributed by atoms with Crippen LogP contribution in [0, 0.1) is 0 Å². The van der Waals surface area contributed by atoms with Crippen LogP contribution in [0.15, 0.2) is 25.3 Å². The van der Waals surface area contributed by atoms with Gasteiger partial charge in [0.25, 0.3) is 0 Å². The first kappa shape index (κ1) is 24.2. The van der Waals surface area contributed by atoms with Gasteiger partial charge in [-0.15, -0.1) is 13.2 Å². The normalized spacial score (nSPS) is 9.65. The van der Waals surface area contributed by atoms with Crippen molar-refractivity contribution < 1.29 is 11.0 Å². The van der Waals surface area contributed by atoms with Gasteiger partial charge in [-0.05, 0) is 32.1 Å². The van der Waals surface area contributed by atoms with Crippen LogP contribution in [0.25, 0.3) is 0 Å². The summed E-state index contributed by atoms with van der Waals surface area (Å²) < 4.78 is 4.54. The summed E-state index contributed by atoms with van der Waals surface area (Å²) >= 11 is 0. The lowest BCUT2D eigenvalue weighted by molar-refractivity contribution is -0.140. The molecule has 0 amide bonds. The van der Waals surface area contributed by atoms with Crippen molar-refractivity contribution in [2.24, 2.45) is 0 Å². The van der Waals surface area contributed by atoms with E-state index in [9.17, 15) is 4.79 Å². The molecule has 0 heterocycles. The molecule has 0 fully saturated rings. The summed E-state index contributed by atoms with van der Waals surface area (Å²) in [5.74, 6) is -0.0916. The predicted octanol–water partition coefficient (Wildman–Crippen LogP) is 7.25. The van der Waals surface area contributed by atoms with Gasteiger partial charge in [0.2, 0.25) is 0 Å². The smallest absolute Gasteiger partial charge is 0.305 e. The number of carbonyl (C=O) groups is 1. The van der Waals surface area contributed by atoms with E-state index in [2.05, 4.69) is 24.8 Å². The van der Waals surface area contributed by atoms with Crippen molar-refractivity contribution in [3.63, 3.8) is 0 Å². The van der Waals surface area contributed by atoms with Crippen LogP contribution in [0.3, 0.4) is 0 Å². The molecular formula is C21H42O2. The minimum absolute atomic E-state index is 0. The Morgan fingerprint density at radius 2 is 1.26 bits per heavy atom. The van der Waals surface area contributed by atoms with E-state index in [-0.39, 0.29) is 7.40 Å². The third-order valence-electron chi connectivity index (χ3n) is 3.78. The fraction of sp³-hybridized carbons (Fsp3) is 0.762. The molecule has 0 radical (unpaired) electrons. The average molecular weight is 328 g/mol. The molecule has 23 heavy (non-hydrogen) atoms. The summed E-state index contributed by atoms with van der Waals surface area (Å²) in [6.07, 6.45) is 21.0. The van der Waals surface area contributed by atoms with Crippen molar-refractivity contribution in [2.45, 2.75) is 96.8 Å². The van der Waals surface area contributed by atoms with Crippen molar-refractivity contribution in [3.05, 3.63) is 25.3 Å². The van der Waals surface area contributed by atoms with Gasteiger partial charge in [-0.1, -0.05) is 70.4 Å². The fourth-order valence-electron chi connectivity index (χ4n) is 2.26. The van der Waals surface area contributed by atoms with Crippen LogP contribution in [0.5, 0.6) is 0 Å². The van der Waals surface area contributed by atoms with E-state index >= 15 is 0 Å². The molecule has 138 valence electrons. The van der Waals surface area contributed by atoms with E-state index in [0.717, 1.165) is 19.3 Å². The number of rotatable bonds is 15. The Kier molecular flexibility index (Phi) is 24.4. The Morgan fingerprint density at radius 1 is 0.826 bits per heavy atom. The third kappa shape index (κ3) is 26.2. The number of hydrogen-bond acceptors (Lipinski definition) is 2. The first-order valence-electron chi connectivity index (χ1n) is 9.51. The van der Waals surface area contributed by atoms with Crippen LogP contribution in [0.2, 0.25) is 0 Å². The summed E-state index contributed by atoms with van der Waals surface area (Å²) in [5.41, 5.74) is 0. The minimum atomic E-state index is -0.0916. The number of esters is 1. The van der Waals surface area contributed by atoms with E-state index in [1.165, 1.54) is 71.3 Å². The second-order valence-corrected chi connectivity index (χ2v) is 6.02. The topological polar surface area (TPSA) is 26.3 Å². The van der Waals surface area contributed by atoms with Crippen LogP contribution < -0.4 is 0 Å². The maximum atomic E-state index is 10.7. The van der Waals surface area contributed by atoms with Crippen molar-refractivity contribution >= 4 is 5.97 Å². The molecule has 0 saturated carbocycles. The summed E-state index contributed by atoms with van der Waals surface area (Å²) in [7, 11) is 1.44. The van der Waals surface area contributed by atoms with E-state index < -0.39 is 0 Å². The highest BCUT2D eigenvalue weighted by Gasteiger charge is 1.98. The highest BCUT2D eigenvalue weighted by atomic mass is 16.5. The Bertz CT molecular complexity index is 265. The molecular weight excluding hydrogens is 284 g/mol. The van der Waals surface area contributed by atoms with Gasteiger partial charge in [-0.2, -0.15) is 0 Å². The summed E-state index contributed by atoms with van der Waals surface area (Å²) in [5, 5.41) is 0. The lowest BCUT2D eigenvalue weighted by Crippen LogP contribution is -1.98. The zero-order valence-corrected chi connectivity index (χ0v) is 15.8. The summed E-state index contributed by atoms with van der Waals surface area (Å²) in [4.78, 5) is 10.7. The molecule has 0 aromatic heterocycles. The van der Waals surface area contributed by atoms with Gasteiger partial charge in [0.15, 0.2) is 0 Å². The number of allylic oxidation sites excluding steroid dienone is 2. The molecule has 0 rings (SSSR count). The van der Waals surface area contributed by atoms with E-state index in [1.807, 2.05) is 12.2 Å². The van der Waals surface area contributed by atoms with Gasteiger partial charge < -0.3 is 4.74 Å². The van der Waals surface area contributed by atoms with Crippen molar-refractivity contribution in [1.29, 1.82) is 0 Å². The number of methoxy groups -OCH3 is 1. The SMILES string of the molecule is C=CCCCCCCCC.C=CCCCCCCCC(=O)OC.[2HH]. The Balaban J connectivity index is -0.000000364. The molecule has 0 saturated heterocycles.